The SMILES string of the molecule is COC(=O)C(C)Sc1ccccc1C(=O)Nc1ccc(Br)cn1. The summed E-state index contributed by atoms with van der Waals surface area (Å²) in [6.45, 7) is 1.74. The van der Waals surface area contributed by atoms with Crippen LogP contribution in [0, 0.1) is 0 Å². The summed E-state index contributed by atoms with van der Waals surface area (Å²) in [7, 11) is 1.34. The number of carbonyl (C=O) groups is 2. The van der Waals surface area contributed by atoms with E-state index in [9.17, 15) is 9.59 Å². The molecule has 0 aliphatic rings. The largest absolute Gasteiger partial charge is 0.468 e. The Hall–Kier alpha value is -1.86. The van der Waals surface area contributed by atoms with Crippen LogP contribution < -0.4 is 5.32 Å². The number of amides is 1. The van der Waals surface area contributed by atoms with E-state index in [4.69, 9.17) is 4.74 Å². The first kappa shape index (κ1) is 17.5. The van der Waals surface area contributed by atoms with Crippen molar-refractivity contribution in [2.75, 3.05) is 12.4 Å². The first-order valence-electron chi connectivity index (χ1n) is 6.77. The lowest BCUT2D eigenvalue weighted by Crippen LogP contribution is -2.17. The van der Waals surface area contributed by atoms with Crippen LogP contribution in [0.3, 0.4) is 0 Å². The molecule has 1 aromatic heterocycles. The van der Waals surface area contributed by atoms with Crippen LogP contribution in [-0.4, -0.2) is 29.2 Å². The summed E-state index contributed by atoms with van der Waals surface area (Å²) in [6.07, 6.45) is 1.61. The van der Waals surface area contributed by atoms with Crippen molar-refractivity contribution in [3.8, 4) is 0 Å². The molecule has 1 amide bonds. The van der Waals surface area contributed by atoms with Gasteiger partial charge in [0.05, 0.1) is 12.7 Å². The molecule has 1 aromatic carbocycles. The van der Waals surface area contributed by atoms with Gasteiger partial charge in [-0.15, -0.1) is 11.8 Å². The van der Waals surface area contributed by atoms with E-state index in [1.807, 2.05) is 6.07 Å². The van der Waals surface area contributed by atoms with Crippen LogP contribution >= 0.6 is 27.7 Å². The van der Waals surface area contributed by atoms with Gasteiger partial charge in [-0.05, 0) is 47.1 Å². The minimum atomic E-state index is -0.403. The van der Waals surface area contributed by atoms with Gasteiger partial charge in [-0.25, -0.2) is 4.98 Å². The minimum absolute atomic E-state index is 0.278. The Labute approximate surface area is 147 Å². The molecule has 2 rings (SSSR count). The molecule has 0 saturated carbocycles. The maximum atomic E-state index is 12.4. The van der Waals surface area contributed by atoms with Crippen LogP contribution in [0.4, 0.5) is 5.82 Å². The highest BCUT2D eigenvalue weighted by molar-refractivity contribution is 9.10. The van der Waals surface area contributed by atoms with Gasteiger partial charge < -0.3 is 10.1 Å². The molecule has 1 unspecified atom stereocenters. The molecular formula is C16H15BrN2O3S. The van der Waals surface area contributed by atoms with Crippen molar-refractivity contribution in [1.29, 1.82) is 0 Å². The average molecular weight is 395 g/mol. The van der Waals surface area contributed by atoms with Crippen LogP contribution in [0.1, 0.15) is 17.3 Å². The van der Waals surface area contributed by atoms with Crippen LogP contribution in [0.15, 0.2) is 52.0 Å². The summed E-state index contributed by atoms with van der Waals surface area (Å²) in [6, 6.07) is 10.6. The molecule has 23 heavy (non-hydrogen) atoms. The number of thioether (sulfide) groups is 1. The molecule has 7 heteroatoms. The molecule has 1 heterocycles. The van der Waals surface area contributed by atoms with Gasteiger partial charge in [-0.2, -0.15) is 0 Å². The number of aromatic nitrogens is 1. The lowest BCUT2D eigenvalue weighted by atomic mass is 10.2. The molecule has 0 aliphatic heterocycles. The molecule has 0 aliphatic carbocycles. The fourth-order valence-corrected chi connectivity index (χ4v) is 3.05. The first-order valence-corrected chi connectivity index (χ1v) is 8.45. The third-order valence-electron chi connectivity index (χ3n) is 2.94. The Bertz CT molecular complexity index is 707. The van der Waals surface area contributed by atoms with Crippen molar-refractivity contribution in [1.82, 2.24) is 4.98 Å². The number of halogens is 1. The van der Waals surface area contributed by atoms with Gasteiger partial charge in [-0.3, -0.25) is 9.59 Å². The van der Waals surface area contributed by atoms with E-state index < -0.39 is 5.25 Å². The number of benzene rings is 1. The number of carbonyl (C=O) groups excluding carboxylic acids is 2. The lowest BCUT2D eigenvalue weighted by molar-refractivity contribution is -0.139. The van der Waals surface area contributed by atoms with E-state index in [0.717, 1.165) is 4.47 Å². The van der Waals surface area contributed by atoms with E-state index >= 15 is 0 Å². The molecule has 0 saturated heterocycles. The number of anilines is 1. The van der Waals surface area contributed by atoms with Gasteiger partial charge in [0.15, 0.2) is 0 Å². The van der Waals surface area contributed by atoms with Crippen LogP contribution in [0.5, 0.6) is 0 Å². The van der Waals surface area contributed by atoms with Crippen LogP contribution in [-0.2, 0) is 9.53 Å². The Morgan fingerprint density at radius 1 is 1.26 bits per heavy atom. The van der Waals surface area contributed by atoms with Gasteiger partial charge in [0.2, 0.25) is 0 Å². The fourth-order valence-electron chi connectivity index (χ4n) is 1.79. The highest BCUT2D eigenvalue weighted by Crippen LogP contribution is 2.28. The Morgan fingerprint density at radius 2 is 2.00 bits per heavy atom. The van der Waals surface area contributed by atoms with E-state index in [1.165, 1.54) is 18.9 Å². The van der Waals surface area contributed by atoms with Crippen LogP contribution in [0.2, 0.25) is 0 Å². The molecule has 1 N–H and O–H groups in total. The number of nitrogens with zero attached hydrogens (tertiary/aromatic N) is 1. The van der Waals surface area contributed by atoms with E-state index in [1.54, 1.807) is 43.5 Å². The molecule has 1 atom stereocenters. The van der Waals surface area contributed by atoms with Crippen molar-refractivity contribution in [3.63, 3.8) is 0 Å². The summed E-state index contributed by atoms with van der Waals surface area (Å²) < 4.78 is 5.55. The quantitative estimate of drug-likeness (QED) is 0.617. The van der Waals surface area contributed by atoms with Gasteiger partial charge >= 0.3 is 5.97 Å². The van der Waals surface area contributed by atoms with Gasteiger partial charge in [0, 0.05) is 15.6 Å². The third-order valence-corrected chi connectivity index (χ3v) is 4.56. The number of methoxy groups -OCH3 is 1. The van der Waals surface area contributed by atoms with Crippen molar-refractivity contribution in [2.45, 2.75) is 17.1 Å². The second-order valence-corrected chi connectivity index (χ2v) is 6.89. The highest BCUT2D eigenvalue weighted by atomic mass is 79.9. The monoisotopic (exact) mass is 394 g/mol. The summed E-state index contributed by atoms with van der Waals surface area (Å²) >= 11 is 4.57. The number of pyridine rings is 1. The van der Waals surface area contributed by atoms with E-state index in [0.29, 0.717) is 16.3 Å². The Morgan fingerprint density at radius 3 is 2.65 bits per heavy atom. The summed E-state index contributed by atoms with van der Waals surface area (Å²) in [5.41, 5.74) is 0.484. The zero-order valence-corrected chi connectivity index (χ0v) is 15.0. The number of hydrogen-bond acceptors (Lipinski definition) is 5. The Kier molecular flexibility index (Phi) is 6.18. The van der Waals surface area contributed by atoms with Gasteiger partial charge in [0.1, 0.15) is 11.1 Å². The van der Waals surface area contributed by atoms with Crippen molar-refractivity contribution in [2.24, 2.45) is 0 Å². The molecule has 0 spiro atoms. The van der Waals surface area contributed by atoms with Gasteiger partial charge in [-0.1, -0.05) is 12.1 Å². The number of esters is 1. The molecule has 5 nitrogen and oxygen atoms in total. The molecular weight excluding hydrogens is 380 g/mol. The van der Waals surface area contributed by atoms with Gasteiger partial charge in [0.25, 0.3) is 5.91 Å². The maximum Gasteiger partial charge on any atom is 0.318 e. The molecule has 0 radical (unpaired) electrons. The second-order valence-electron chi connectivity index (χ2n) is 4.60. The summed E-state index contributed by atoms with van der Waals surface area (Å²) in [5.74, 6) is -0.154. The number of ether oxygens (including phenoxy) is 1. The predicted molar refractivity (Wildman–Crippen MR) is 93.7 cm³/mol. The summed E-state index contributed by atoms with van der Waals surface area (Å²) in [5, 5.41) is 2.34. The van der Waals surface area contributed by atoms with E-state index in [2.05, 4.69) is 26.2 Å². The lowest BCUT2D eigenvalue weighted by Gasteiger charge is -2.12. The number of hydrogen-bond donors (Lipinski definition) is 1. The zero-order chi connectivity index (χ0) is 16.8. The normalized spacial score (nSPS) is 11.6. The topological polar surface area (TPSA) is 68.3 Å². The fraction of sp³-hybridized carbons (Fsp3) is 0.188. The molecule has 0 bridgehead atoms. The number of nitrogens with one attached hydrogen (secondary N) is 1. The number of rotatable bonds is 5. The second kappa shape index (κ2) is 8.12. The molecule has 0 fully saturated rings. The maximum absolute atomic E-state index is 12.4. The van der Waals surface area contributed by atoms with Crippen molar-refractivity contribution in [3.05, 3.63) is 52.6 Å². The smallest absolute Gasteiger partial charge is 0.318 e. The average Bonchev–Trinajstić information content (AvgIpc) is 2.56. The standard InChI is InChI=1S/C16H15BrN2O3S/c1-10(16(21)22-2)23-13-6-4-3-5-12(13)15(20)19-14-8-7-11(17)9-18-14/h3-10H,1-2H3,(H,18,19,20). The Balaban J connectivity index is 2.17. The van der Waals surface area contributed by atoms with Crippen molar-refractivity contribution < 1.29 is 14.3 Å². The van der Waals surface area contributed by atoms with Crippen LogP contribution in [0.25, 0.3) is 0 Å². The van der Waals surface area contributed by atoms with E-state index in [-0.39, 0.29) is 11.9 Å². The summed E-state index contributed by atoms with van der Waals surface area (Å²) in [4.78, 5) is 28.8. The molecule has 120 valence electrons. The van der Waals surface area contributed by atoms with Crippen molar-refractivity contribution >= 4 is 45.4 Å². The molecule has 2 aromatic rings. The highest BCUT2D eigenvalue weighted by Gasteiger charge is 2.19. The predicted octanol–water partition coefficient (Wildman–Crippen LogP) is 3.75. The zero-order valence-electron chi connectivity index (χ0n) is 12.6. The first-order chi connectivity index (χ1) is 11.0. The minimum Gasteiger partial charge on any atom is -0.468 e. The third kappa shape index (κ3) is 4.80.